The highest BCUT2D eigenvalue weighted by Gasteiger charge is 2.07. The van der Waals surface area contributed by atoms with Gasteiger partial charge in [0.15, 0.2) is 0 Å². The van der Waals surface area contributed by atoms with Gasteiger partial charge < -0.3 is 16.2 Å². The van der Waals surface area contributed by atoms with Crippen LogP contribution in [0.25, 0.3) is 0 Å². The normalized spacial score (nSPS) is 11.4. The molecule has 0 rings (SSSR count). The maximum atomic E-state index is 5.43. The molecule has 3 nitrogen and oxygen atoms in total. The second-order valence-corrected chi connectivity index (χ2v) is 2.89. The Morgan fingerprint density at radius 3 is 2.08 bits per heavy atom. The smallest absolute Gasteiger partial charge is 0.0978 e. The number of rotatable bonds is 5. The summed E-state index contributed by atoms with van der Waals surface area (Å²) in [5.74, 6) is 0. The van der Waals surface area contributed by atoms with Crippen LogP contribution in [-0.4, -0.2) is 12.8 Å². The number of hydrogen-bond donors (Lipinski definition) is 2. The molecule has 0 bridgehead atoms. The summed E-state index contributed by atoms with van der Waals surface area (Å²) in [4.78, 5) is 0. The third-order valence-corrected chi connectivity index (χ3v) is 1.26. The van der Waals surface area contributed by atoms with Gasteiger partial charge in [0.25, 0.3) is 0 Å². The van der Waals surface area contributed by atoms with Crippen LogP contribution in [0.15, 0.2) is 12.3 Å². The zero-order valence-electron chi connectivity index (χ0n) is 9.18. The van der Waals surface area contributed by atoms with Crippen molar-refractivity contribution in [1.82, 2.24) is 0 Å². The van der Waals surface area contributed by atoms with E-state index in [9.17, 15) is 0 Å². The minimum absolute atomic E-state index is 0.0602. The summed E-state index contributed by atoms with van der Waals surface area (Å²) >= 11 is 0. The lowest BCUT2D eigenvalue weighted by Gasteiger charge is -2.14. The van der Waals surface area contributed by atoms with Gasteiger partial charge in [-0.05, 0) is 6.42 Å². The zero-order valence-corrected chi connectivity index (χ0v) is 9.18. The van der Waals surface area contributed by atoms with Gasteiger partial charge in [0.1, 0.15) is 0 Å². The summed E-state index contributed by atoms with van der Waals surface area (Å²) in [5.41, 5.74) is 11.2. The Bertz CT molecular complexity index is 109. The monoisotopic (exact) mass is 188 g/mol. The average molecular weight is 188 g/mol. The Morgan fingerprint density at radius 1 is 1.38 bits per heavy atom. The van der Waals surface area contributed by atoms with E-state index in [4.69, 9.17) is 16.2 Å². The average Bonchev–Trinajstić information content (AvgIpc) is 2.05. The molecule has 13 heavy (non-hydrogen) atoms. The molecule has 0 fully saturated rings. The first-order valence-electron chi connectivity index (χ1n) is 4.89. The van der Waals surface area contributed by atoms with Gasteiger partial charge in [-0.2, -0.15) is 0 Å². The number of ether oxygens (including phenoxy) is 1. The van der Waals surface area contributed by atoms with E-state index in [1.165, 1.54) is 6.42 Å². The van der Waals surface area contributed by atoms with Gasteiger partial charge in [-0.1, -0.05) is 40.2 Å². The highest BCUT2D eigenvalue weighted by atomic mass is 16.5. The van der Waals surface area contributed by atoms with Gasteiger partial charge in [0.05, 0.1) is 12.8 Å². The first-order valence-corrected chi connectivity index (χ1v) is 4.89. The van der Waals surface area contributed by atoms with Gasteiger partial charge >= 0.3 is 0 Å². The minimum Gasteiger partial charge on any atom is -0.400 e. The molecule has 3 heteroatoms. The third kappa shape index (κ3) is 11.5. The summed E-state index contributed by atoms with van der Waals surface area (Å²) in [6, 6.07) is 0. The van der Waals surface area contributed by atoms with Crippen LogP contribution in [0.2, 0.25) is 0 Å². The van der Waals surface area contributed by atoms with Gasteiger partial charge in [-0.3, -0.25) is 0 Å². The lowest BCUT2D eigenvalue weighted by Crippen LogP contribution is -2.23. The molecule has 0 saturated heterocycles. The van der Waals surface area contributed by atoms with E-state index in [-0.39, 0.29) is 12.8 Å². The second-order valence-electron chi connectivity index (χ2n) is 2.89. The molecule has 0 aromatic carbocycles. The van der Waals surface area contributed by atoms with Crippen LogP contribution >= 0.6 is 0 Å². The van der Waals surface area contributed by atoms with Crippen molar-refractivity contribution >= 4 is 0 Å². The quantitative estimate of drug-likeness (QED) is 0.648. The summed E-state index contributed by atoms with van der Waals surface area (Å²) < 4.78 is 5.10. The highest BCUT2D eigenvalue weighted by molar-refractivity contribution is 4.95. The molecule has 0 spiro atoms. The standard InChI is InChI=1S/C7H16N2O.C3H8/c1-3-4-7(6(2)9)10-5-8;1-3-2/h7H,2-5,8-9H2,1H3;3H2,1-2H3. The van der Waals surface area contributed by atoms with Gasteiger partial charge in [-0.15, -0.1) is 0 Å². The Hall–Kier alpha value is -0.540. The predicted octanol–water partition coefficient (Wildman–Crippen LogP) is 1.98. The first-order chi connectivity index (χ1) is 6.13. The molecule has 0 aliphatic rings. The van der Waals surface area contributed by atoms with Crippen LogP contribution in [0.4, 0.5) is 0 Å². The topological polar surface area (TPSA) is 61.3 Å². The molecule has 0 aromatic rings. The van der Waals surface area contributed by atoms with Crippen molar-refractivity contribution in [3.63, 3.8) is 0 Å². The van der Waals surface area contributed by atoms with Gasteiger partial charge in [-0.25, -0.2) is 0 Å². The summed E-state index contributed by atoms with van der Waals surface area (Å²) in [5, 5.41) is 0. The fourth-order valence-electron chi connectivity index (χ4n) is 0.754. The van der Waals surface area contributed by atoms with Gasteiger partial charge in [0, 0.05) is 5.70 Å². The lowest BCUT2D eigenvalue weighted by atomic mass is 10.2. The van der Waals surface area contributed by atoms with E-state index in [2.05, 4.69) is 27.4 Å². The number of hydrogen-bond acceptors (Lipinski definition) is 3. The molecule has 1 unspecified atom stereocenters. The van der Waals surface area contributed by atoms with E-state index in [0.717, 1.165) is 12.8 Å². The van der Waals surface area contributed by atoms with E-state index in [1.54, 1.807) is 0 Å². The number of nitrogens with two attached hydrogens (primary N) is 2. The summed E-state index contributed by atoms with van der Waals surface area (Å²) in [7, 11) is 0. The lowest BCUT2D eigenvalue weighted by molar-refractivity contribution is 0.0756. The zero-order chi connectivity index (χ0) is 10.7. The fraction of sp³-hybridized carbons (Fsp3) is 0.800. The van der Waals surface area contributed by atoms with Crippen molar-refractivity contribution in [2.75, 3.05) is 6.73 Å². The molecule has 0 saturated carbocycles. The first kappa shape index (κ1) is 15.0. The van der Waals surface area contributed by atoms with Crippen LogP contribution in [0.5, 0.6) is 0 Å². The van der Waals surface area contributed by atoms with Crippen LogP contribution in [0, 0.1) is 0 Å². The van der Waals surface area contributed by atoms with Crippen LogP contribution in [-0.2, 0) is 4.74 Å². The Morgan fingerprint density at radius 2 is 1.85 bits per heavy atom. The molecular weight excluding hydrogens is 164 g/mol. The Kier molecular flexibility index (Phi) is 13.2. The Balaban J connectivity index is 0. The maximum absolute atomic E-state index is 5.43. The predicted molar refractivity (Wildman–Crippen MR) is 58.1 cm³/mol. The molecule has 80 valence electrons. The molecule has 4 N–H and O–H groups in total. The molecule has 0 amide bonds. The largest absolute Gasteiger partial charge is 0.400 e. The van der Waals surface area contributed by atoms with E-state index in [0.29, 0.717) is 5.70 Å². The van der Waals surface area contributed by atoms with E-state index < -0.39 is 0 Å². The molecule has 1 atom stereocenters. The van der Waals surface area contributed by atoms with Crippen molar-refractivity contribution < 1.29 is 4.74 Å². The van der Waals surface area contributed by atoms with E-state index in [1.807, 2.05) is 0 Å². The molecule has 0 radical (unpaired) electrons. The molecule has 0 aliphatic heterocycles. The minimum atomic E-state index is -0.0602. The van der Waals surface area contributed by atoms with Crippen molar-refractivity contribution in [3.05, 3.63) is 12.3 Å². The van der Waals surface area contributed by atoms with Crippen molar-refractivity contribution in [2.45, 2.75) is 46.1 Å². The van der Waals surface area contributed by atoms with Crippen molar-refractivity contribution in [1.29, 1.82) is 0 Å². The van der Waals surface area contributed by atoms with Crippen molar-refractivity contribution in [3.8, 4) is 0 Å². The second kappa shape index (κ2) is 11.5. The SMILES string of the molecule is C=C(N)C(CCC)OCN.CCC. The third-order valence-electron chi connectivity index (χ3n) is 1.26. The molecular formula is C10H24N2O. The molecule has 0 heterocycles. The Labute approximate surface area is 82.1 Å². The van der Waals surface area contributed by atoms with Crippen LogP contribution < -0.4 is 11.5 Å². The maximum Gasteiger partial charge on any atom is 0.0978 e. The fourth-order valence-corrected chi connectivity index (χ4v) is 0.754. The van der Waals surface area contributed by atoms with Crippen LogP contribution in [0.1, 0.15) is 40.0 Å². The highest BCUT2D eigenvalue weighted by Crippen LogP contribution is 2.05. The summed E-state index contributed by atoms with van der Waals surface area (Å²) in [6.07, 6.45) is 3.11. The summed E-state index contributed by atoms with van der Waals surface area (Å²) in [6.45, 7) is 10.1. The van der Waals surface area contributed by atoms with Gasteiger partial charge in [0.2, 0.25) is 0 Å². The van der Waals surface area contributed by atoms with Crippen LogP contribution in [0.3, 0.4) is 0 Å². The van der Waals surface area contributed by atoms with E-state index >= 15 is 0 Å². The molecule has 0 aromatic heterocycles. The molecule has 0 aliphatic carbocycles. The van der Waals surface area contributed by atoms with Crippen molar-refractivity contribution in [2.24, 2.45) is 11.5 Å².